The minimum Gasteiger partial charge on any atom is -0.454 e. The van der Waals surface area contributed by atoms with Crippen molar-refractivity contribution in [3.8, 4) is 11.5 Å². The Morgan fingerprint density at radius 3 is 2.43 bits per heavy atom. The fourth-order valence-electron chi connectivity index (χ4n) is 3.28. The van der Waals surface area contributed by atoms with Crippen molar-refractivity contribution in [2.75, 3.05) is 43.2 Å². The molecule has 0 atom stereocenters. The molecule has 0 saturated carbocycles. The van der Waals surface area contributed by atoms with Gasteiger partial charge in [0.1, 0.15) is 0 Å². The second-order valence-corrected chi connectivity index (χ2v) is 6.49. The topological polar surface area (TPSA) is 54.0 Å². The second-order valence-electron chi connectivity index (χ2n) is 6.49. The second kappa shape index (κ2) is 7.14. The zero-order chi connectivity index (χ0) is 19.7. The maximum absolute atomic E-state index is 13.1. The fourth-order valence-corrected chi connectivity index (χ4v) is 3.28. The lowest BCUT2D eigenvalue weighted by molar-refractivity contribution is -0.136. The molecule has 0 unspecified atom stereocenters. The first kappa shape index (κ1) is 18.3. The number of halogens is 3. The van der Waals surface area contributed by atoms with Gasteiger partial charge in [0.05, 0.1) is 11.3 Å². The van der Waals surface area contributed by atoms with Gasteiger partial charge in [-0.2, -0.15) is 13.2 Å². The molecule has 0 aliphatic carbocycles. The van der Waals surface area contributed by atoms with Crippen LogP contribution in [0, 0.1) is 0 Å². The van der Waals surface area contributed by atoms with Gasteiger partial charge in [-0.05, 0) is 24.3 Å². The zero-order valence-electron chi connectivity index (χ0n) is 14.8. The van der Waals surface area contributed by atoms with Gasteiger partial charge in [-0.1, -0.05) is 12.1 Å². The summed E-state index contributed by atoms with van der Waals surface area (Å²) in [5, 5.41) is 2.39. The van der Waals surface area contributed by atoms with Gasteiger partial charge in [0, 0.05) is 37.9 Å². The van der Waals surface area contributed by atoms with Crippen molar-refractivity contribution in [2.24, 2.45) is 0 Å². The van der Waals surface area contributed by atoms with Crippen LogP contribution >= 0.6 is 0 Å². The summed E-state index contributed by atoms with van der Waals surface area (Å²) in [5.41, 5.74) is -0.146. The molecule has 28 heavy (non-hydrogen) atoms. The molecule has 2 aliphatic rings. The molecule has 2 amide bonds. The van der Waals surface area contributed by atoms with Crippen LogP contribution in [0.5, 0.6) is 11.5 Å². The number of carbonyl (C=O) groups excluding carboxylic acids is 1. The highest BCUT2D eigenvalue weighted by Gasteiger charge is 2.34. The van der Waals surface area contributed by atoms with E-state index in [0.29, 0.717) is 37.7 Å². The zero-order valence-corrected chi connectivity index (χ0v) is 14.8. The third kappa shape index (κ3) is 3.64. The summed E-state index contributed by atoms with van der Waals surface area (Å²) in [6.07, 6.45) is -4.53. The van der Waals surface area contributed by atoms with Crippen molar-refractivity contribution in [3.05, 3.63) is 48.0 Å². The molecular weight excluding hydrogens is 375 g/mol. The van der Waals surface area contributed by atoms with Crippen LogP contribution in [0.3, 0.4) is 0 Å². The van der Waals surface area contributed by atoms with Crippen LogP contribution in [0.2, 0.25) is 0 Å². The Morgan fingerprint density at radius 1 is 0.964 bits per heavy atom. The number of hydrogen-bond donors (Lipinski definition) is 1. The number of para-hydroxylation sites is 1. The largest absolute Gasteiger partial charge is 0.454 e. The number of benzene rings is 2. The van der Waals surface area contributed by atoms with E-state index in [1.54, 1.807) is 0 Å². The van der Waals surface area contributed by atoms with Crippen LogP contribution in [0.1, 0.15) is 5.56 Å². The van der Waals surface area contributed by atoms with E-state index in [2.05, 4.69) is 10.2 Å². The Hall–Kier alpha value is -3.10. The molecule has 2 aromatic rings. The number of rotatable bonds is 2. The summed E-state index contributed by atoms with van der Waals surface area (Å²) in [6.45, 7) is 2.12. The van der Waals surface area contributed by atoms with Crippen molar-refractivity contribution in [2.45, 2.75) is 6.18 Å². The first-order chi connectivity index (χ1) is 13.4. The van der Waals surface area contributed by atoms with E-state index in [1.807, 2.05) is 18.2 Å². The minimum absolute atomic E-state index is 0.201. The van der Waals surface area contributed by atoms with Crippen LogP contribution in [-0.2, 0) is 6.18 Å². The van der Waals surface area contributed by atoms with Gasteiger partial charge in [-0.15, -0.1) is 0 Å². The van der Waals surface area contributed by atoms with Gasteiger partial charge in [-0.25, -0.2) is 4.79 Å². The fraction of sp³-hybridized carbons (Fsp3) is 0.316. The van der Waals surface area contributed by atoms with Crippen molar-refractivity contribution in [1.29, 1.82) is 0 Å². The van der Waals surface area contributed by atoms with Crippen LogP contribution in [0.4, 0.5) is 29.3 Å². The van der Waals surface area contributed by atoms with Gasteiger partial charge in [0.15, 0.2) is 11.5 Å². The number of amides is 2. The average molecular weight is 393 g/mol. The van der Waals surface area contributed by atoms with Gasteiger partial charge in [0.25, 0.3) is 0 Å². The molecule has 9 heteroatoms. The Labute approximate surface area is 159 Å². The van der Waals surface area contributed by atoms with Gasteiger partial charge in [-0.3, -0.25) is 0 Å². The summed E-state index contributed by atoms with van der Waals surface area (Å²) >= 11 is 0. The molecule has 6 nitrogen and oxygen atoms in total. The Morgan fingerprint density at radius 2 is 1.68 bits per heavy atom. The number of carbonyl (C=O) groups is 1. The van der Waals surface area contributed by atoms with Crippen molar-refractivity contribution >= 4 is 17.4 Å². The number of nitrogens with one attached hydrogen (secondary N) is 1. The number of ether oxygens (including phenoxy) is 2. The molecule has 1 saturated heterocycles. The first-order valence-electron chi connectivity index (χ1n) is 8.78. The van der Waals surface area contributed by atoms with Gasteiger partial charge < -0.3 is 24.6 Å². The van der Waals surface area contributed by atoms with E-state index in [9.17, 15) is 18.0 Å². The molecule has 0 spiro atoms. The van der Waals surface area contributed by atoms with Crippen molar-refractivity contribution in [3.63, 3.8) is 0 Å². The van der Waals surface area contributed by atoms with E-state index in [0.717, 1.165) is 11.8 Å². The number of urea groups is 1. The van der Waals surface area contributed by atoms with Crippen LogP contribution in [0.15, 0.2) is 42.5 Å². The SMILES string of the molecule is O=C(Nc1ccccc1C(F)(F)F)N1CCN(c2ccc3c(c2)OCO3)CC1. The molecule has 2 heterocycles. The van der Waals surface area contributed by atoms with Gasteiger partial charge in [0.2, 0.25) is 6.79 Å². The summed E-state index contributed by atoms with van der Waals surface area (Å²) in [5.74, 6) is 1.38. The monoisotopic (exact) mass is 393 g/mol. The Kier molecular flexibility index (Phi) is 4.66. The number of hydrogen-bond acceptors (Lipinski definition) is 4. The first-order valence-corrected chi connectivity index (χ1v) is 8.78. The summed E-state index contributed by atoms with van der Waals surface area (Å²) in [4.78, 5) is 16.0. The number of nitrogens with zero attached hydrogens (tertiary/aromatic N) is 2. The van der Waals surface area contributed by atoms with E-state index < -0.39 is 17.8 Å². The summed E-state index contributed by atoms with van der Waals surface area (Å²) in [7, 11) is 0. The molecule has 148 valence electrons. The van der Waals surface area contributed by atoms with Crippen molar-refractivity contribution < 1.29 is 27.4 Å². The predicted molar refractivity (Wildman–Crippen MR) is 96.8 cm³/mol. The minimum atomic E-state index is -4.53. The highest BCUT2D eigenvalue weighted by Crippen LogP contribution is 2.36. The number of alkyl halides is 3. The highest BCUT2D eigenvalue weighted by molar-refractivity contribution is 5.90. The lowest BCUT2D eigenvalue weighted by Gasteiger charge is -2.36. The molecule has 0 radical (unpaired) electrons. The molecule has 0 aromatic heterocycles. The quantitative estimate of drug-likeness (QED) is 0.844. The van der Waals surface area contributed by atoms with Crippen LogP contribution in [-0.4, -0.2) is 43.9 Å². The Balaban J connectivity index is 1.38. The molecule has 0 bridgehead atoms. The summed E-state index contributed by atoms with van der Waals surface area (Å²) < 4.78 is 49.9. The number of piperazine rings is 1. The maximum Gasteiger partial charge on any atom is 0.418 e. The lowest BCUT2D eigenvalue weighted by Crippen LogP contribution is -2.50. The maximum atomic E-state index is 13.1. The molecule has 2 aliphatic heterocycles. The molecule has 2 aromatic carbocycles. The van der Waals surface area contributed by atoms with Gasteiger partial charge >= 0.3 is 12.2 Å². The average Bonchev–Trinajstić information content (AvgIpc) is 3.15. The van der Waals surface area contributed by atoms with E-state index in [4.69, 9.17) is 9.47 Å². The predicted octanol–water partition coefficient (Wildman–Crippen LogP) is 3.79. The number of anilines is 2. The standard InChI is InChI=1S/C19H18F3N3O3/c20-19(21,22)14-3-1-2-4-15(14)23-18(26)25-9-7-24(8-10-25)13-5-6-16-17(11-13)28-12-27-16/h1-6,11H,7-10,12H2,(H,23,26). The molecule has 4 rings (SSSR count). The normalized spacial score (nSPS) is 16.2. The van der Waals surface area contributed by atoms with Crippen molar-refractivity contribution in [1.82, 2.24) is 4.90 Å². The smallest absolute Gasteiger partial charge is 0.418 e. The molecular formula is C19H18F3N3O3. The third-order valence-corrected chi connectivity index (χ3v) is 4.76. The lowest BCUT2D eigenvalue weighted by atomic mass is 10.1. The molecule has 1 fully saturated rings. The van der Waals surface area contributed by atoms with Crippen LogP contribution < -0.4 is 19.7 Å². The summed E-state index contributed by atoms with van der Waals surface area (Å²) in [6, 6.07) is 10.1. The highest BCUT2D eigenvalue weighted by atomic mass is 19.4. The van der Waals surface area contributed by atoms with Crippen LogP contribution in [0.25, 0.3) is 0 Å². The van der Waals surface area contributed by atoms with E-state index in [1.165, 1.54) is 23.1 Å². The Bertz CT molecular complexity index is 880. The number of fused-ring (bicyclic) bond motifs is 1. The van der Waals surface area contributed by atoms with E-state index >= 15 is 0 Å². The third-order valence-electron chi connectivity index (χ3n) is 4.76. The molecule has 1 N–H and O–H groups in total. The van der Waals surface area contributed by atoms with E-state index in [-0.39, 0.29) is 12.5 Å².